The Hall–Kier alpha value is -1.88. The predicted octanol–water partition coefficient (Wildman–Crippen LogP) is 1.07. The minimum Gasteiger partial charge on any atom is -0.359 e. The van der Waals surface area contributed by atoms with Crippen molar-refractivity contribution < 1.29 is 9.59 Å². The van der Waals surface area contributed by atoms with Crippen molar-refractivity contribution in [2.75, 3.05) is 26.7 Å². The third kappa shape index (κ3) is 4.56. The standard InChI is InChI=1S/C17H25N3O2/c1-13-5-3-4-6-15(13)11-19-16(21)12-20-9-7-14(8-10-20)17(22)18-2/h3-6,14H,7-12H2,1-2H3,(H,18,22)(H,19,21). The molecule has 0 saturated carbocycles. The number of likely N-dealkylation sites (tertiary alicyclic amines) is 1. The van der Waals surface area contributed by atoms with E-state index in [4.69, 9.17) is 0 Å². The number of amides is 2. The molecule has 0 aliphatic carbocycles. The van der Waals surface area contributed by atoms with E-state index < -0.39 is 0 Å². The highest BCUT2D eigenvalue weighted by molar-refractivity contribution is 5.79. The fraction of sp³-hybridized carbons (Fsp3) is 0.529. The number of rotatable bonds is 5. The second-order valence-electron chi connectivity index (χ2n) is 5.87. The summed E-state index contributed by atoms with van der Waals surface area (Å²) in [5.74, 6) is 0.251. The van der Waals surface area contributed by atoms with E-state index in [2.05, 4.69) is 15.5 Å². The Bertz CT molecular complexity index is 522. The number of benzene rings is 1. The lowest BCUT2D eigenvalue weighted by atomic mass is 9.96. The number of hydrogen-bond donors (Lipinski definition) is 2. The molecule has 0 aromatic heterocycles. The molecule has 0 bridgehead atoms. The van der Waals surface area contributed by atoms with E-state index in [0.717, 1.165) is 31.5 Å². The van der Waals surface area contributed by atoms with Crippen molar-refractivity contribution in [3.8, 4) is 0 Å². The van der Waals surface area contributed by atoms with Gasteiger partial charge in [-0.05, 0) is 44.0 Å². The lowest BCUT2D eigenvalue weighted by Crippen LogP contribution is -2.44. The highest BCUT2D eigenvalue weighted by Crippen LogP contribution is 2.16. The maximum atomic E-state index is 12.0. The van der Waals surface area contributed by atoms with Crippen LogP contribution in [0.1, 0.15) is 24.0 Å². The first-order valence-electron chi connectivity index (χ1n) is 7.85. The second-order valence-corrected chi connectivity index (χ2v) is 5.87. The van der Waals surface area contributed by atoms with Gasteiger partial charge in [0.05, 0.1) is 6.54 Å². The summed E-state index contributed by atoms with van der Waals surface area (Å²) in [5, 5.41) is 5.67. The zero-order valence-corrected chi connectivity index (χ0v) is 13.4. The first-order valence-corrected chi connectivity index (χ1v) is 7.85. The van der Waals surface area contributed by atoms with Gasteiger partial charge in [-0.2, -0.15) is 0 Å². The molecule has 0 radical (unpaired) electrons. The van der Waals surface area contributed by atoms with Gasteiger partial charge in [-0.3, -0.25) is 14.5 Å². The van der Waals surface area contributed by atoms with Gasteiger partial charge in [0.1, 0.15) is 0 Å². The van der Waals surface area contributed by atoms with Gasteiger partial charge in [0, 0.05) is 19.5 Å². The zero-order valence-electron chi connectivity index (χ0n) is 13.4. The fourth-order valence-electron chi connectivity index (χ4n) is 2.82. The highest BCUT2D eigenvalue weighted by atomic mass is 16.2. The molecule has 5 nitrogen and oxygen atoms in total. The van der Waals surface area contributed by atoms with Crippen molar-refractivity contribution >= 4 is 11.8 Å². The summed E-state index contributed by atoms with van der Waals surface area (Å²) in [6.07, 6.45) is 1.65. The van der Waals surface area contributed by atoms with Crippen molar-refractivity contribution in [1.82, 2.24) is 15.5 Å². The molecule has 2 amide bonds. The third-order valence-electron chi connectivity index (χ3n) is 4.31. The van der Waals surface area contributed by atoms with Crippen LogP contribution in [-0.4, -0.2) is 43.4 Å². The molecule has 1 heterocycles. The van der Waals surface area contributed by atoms with E-state index in [-0.39, 0.29) is 17.7 Å². The number of nitrogens with one attached hydrogen (secondary N) is 2. The Labute approximate surface area is 132 Å². The van der Waals surface area contributed by atoms with E-state index in [0.29, 0.717) is 13.1 Å². The zero-order chi connectivity index (χ0) is 15.9. The number of hydrogen-bond acceptors (Lipinski definition) is 3. The van der Waals surface area contributed by atoms with Crippen LogP contribution in [0.15, 0.2) is 24.3 Å². The molecule has 1 aromatic carbocycles. The van der Waals surface area contributed by atoms with Crippen molar-refractivity contribution in [2.24, 2.45) is 5.92 Å². The molecule has 120 valence electrons. The van der Waals surface area contributed by atoms with Crippen LogP contribution in [0.3, 0.4) is 0 Å². The molecular weight excluding hydrogens is 278 g/mol. The van der Waals surface area contributed by atoms with Crippen LogP contribution >= 0.6 is 0 Å². The number of nitrogens with zero attached hydrogens (tertiary/aromatic N) is 1. The van der Waals surface area contributed by atoms with Gasteiger partial charge in [-0.15, -0.1) is 0 Å². The lowest BCUT2D eigenvalue weighted by molar-refractivity contribution is -0.126. The Morgan fingerprint density at radius 3 is 2.55 bits per heavy atom. The maximum Gasteiger partial charge on any atom is 0.234 e. The number of aryl methyl sites for hydroxylation is 1. The van der Waals surface area contributed by atoms with Crippen LogP contribution in [0.4, 0.5) is 0 Å². The summed E-state index contributed by atoms with van der Waals surface area (Å²) in [4.78, 5) is 25.7. The van der Waals surface area contributed by atoms with Gasteiger partial charge in [0.15, 0.2) is 0 Å². The summed E-state index contributed by atoms with van der Waals surface area (Å²) < 4.78 is 0. The Kier molecular flexibility index (Phi) is 5.95. The summed E-state index contributed by atoms with van der Waals surface area (Å²) in [6.45, 7) is 4.63. The van der Waals surface area contributed by atoms with Crippen LogP contribution in [-0.2, 0) is 16.1 Å². The smallest absolute Gasteiger partial charge is 0.234 e. The molecule has 0 spiro atoms. The van der Waals surface area contributed by atoms with Gasteiger partial charge in [-0.1, -0.05) is 24.3 Å². The lowest BCUT2D eigenvalue weighted by Gasteiger charge is -2.30. The van der Waals surface area contributed by atoms with Crippen LogP contribution in [0.2, 0.25) is 0 Å². The number of piperidine rings is 1. The van der Waals surface area contributed by atoms with Crippen molar-refractivity contribution in [1.29, 1.82) is 0 Å². The maximum absolute atomic E-state index is 12.0. The Morgan fingerprint density at radius 1 is 1.23 bits per heavy atom. The monoisotopic (exact) mass is 303 g/mol. The number of carbonyl (C=O) groups is 2. The average Bonchev–Trinajstić information content (AvgIpc) is 2.54. The average molecular weight is 303 g/mol. The van der Waals surface area contributed by atoms with Crippen molar-refractivity contribution in [2.45, 2.75) is 26.3 Å². The van der Waals surface area contributed by atoms with Gasteiger partial charge in [0.25, 0.3) is 0 Å². The summed E-state index contributed by atoms with van der Waals surface area (Å²) in [5.41, 5.74) is 2.34. The van der Waals surface area contributed by atoms with E-state index in [1.54, 1.807) is 7.05 Å². The van der Waals surface area contributed by atoms with E-state index in [9.17, 15) is 9.59 Å². The summed E-state index contributed by atoms with van der Waals surface area (Å²) in [7, 11) is 1.67. The summed E-state index contributed by atoms with van der Waals surface area (Å²) >= 11 is 0. The third-order valence-corrected chi connectivity index (χ3v) is 4.31. The molecule has 1 aliphatic heterocycles. The minimum atomic E-state index is 0.0432. The largest absolute Gasteiger partial charge is 0.359 e. The topological polar surface area (TPSA) is 61.4 Å². The minimum absolute atomic E-state index is 0.0432. The molecule has 0 unspecified atom stereocenters. The normalized spacial score (nSPS) is 16.3. The molecule has 1 aromatic rings. The molecule has 22 heavy (non-hydrogen) atoms. The van der Waals surface area contributed by atoms with Gasteiger partial charge < -0.3 is 10.6 Å². The number of carbonyl (C=O) groups excluding carboxylic acids is 2. The second kappa shape index (κ2) is 7.94. The van der Waals surface area contributed by atoms with E-state index >= 15 is 0 Å². The van der Waals surface area contributed by atoms with Crippen LogP contribution in [0.25, 0.3) is 0 Å². The Morgan fingerprint density at radius 2 is 1.91 bits per heavy atom. The van der Waals surface area contributed by atoms with Crippen molar-refractivity contribution in [3.05, 3.63) is 35.4 Å². The molecule has 2 rings (SSSR count). The van der Waals surface area contributed by atoms with Crippen LogP contribution in [0.5, 0.6) is 0 Å². The molecule has 0 atom stereocenters. The molecule has 1 aliphatic rings. The molecular formula is C17H25N3O2. The molecule has 1 fully saturated rings. The van der Waals surface area contributed by atoms with E-state index in [1.165, 1.54) is 5.56 Å². The first kappa shape index (κ1) is 16.5. The van der Waals surface area contributed by atoms with Crippen LogP contribution in [0, 0.1) is 12.8 Å². The van der Waals surface area contributed by atoms with Crippen molar-refractivity contribution in [3.63, 3.8) is 0 Å². The fourth-order valence-corrected chi connectivity index (χ4v) is 2.82. The van der Waals surface area contributed by atoms with Gasteiger partial charge in [0.2, 0.25) is 11.8 Å². The van der Waals surface area contributed by atoms with Crippen LogP contribution < -0.4 is 10.6 Å². The van der Waals surface area contributed by atoms with Gasteiger partial charge in [-0.25, -0.2) is 0 Å². The molecule has 2 N–H and O–H groups in total. The predicted molar refractivity (Wildman–Crippen MR) is 86.3 cm³/mol. The molecule has 5 heteroatoms. The highest BCUT2D eigenvalue weighted by Gasteiger charge is 2.24. The van der Waals surface area contributed by atoms with E-state index in [1.807, 2.05) is 31.2 Å². The quantitative estimate of drug-likeness (QED) is 0.855. The molecule has 1 saturated heterocycles. The first-order chi connectivity index (χ1) is 10.6. The van der Waals surface area contributed by atoms with Gasteiger partial charge >= 0.3 is 0 Å². The summed E-state index contributed by atoms with van der Waals surface area (Å²) in [6, 6.07) is 8.06. The Balaban J connectivity index is 1.72. The SMILES string of the molecule is CNC(=O)C1CCN(CC(=O)NCc2ccccc2C)CC1.